The Morgan fingerprint density at radius 1 is 1.28 bits per heavy atom. The summed E-state index contributed by atoms with van der Waals surface area (Å²) in [5.41, 5.74) is 3.10. The van der Waals surface area contributed by atoms with Gasteiger partial charge in [-0.05, 0) is 56.2 Å². The van der Waals surface area contributed by atoms with E-state index < -0.39 is 0 Å². The highest BCUT2D eigenvalue weighted by Gasteiger charge is 2.19. The summed E-state index contributed by atoms with van der Waals surface area (Å²) in [4.78, 5) is 0. The van der Waals surface area contributed by atoms with E-state index in [1.165, 1.54) is 50.5 Å². The van der Waals surface area contributed by atoms with Crippen LogP contribution in [0.3, 0.4) is 0 Å². The zero-order valence-corrected chi connectivity index (χ0v) is 11.9. The summed E-state index contributed by atoms with van der Waals surface area (Å²) in [5.74, 6) is 0.862. The number of rotatable bonds is 7. The Hall–Kier alpha value is -0.820. The summed E-state index contributed by atoms with van der Waals surface area (Å²) in [6.07, 6.45) is 9.26. The minimum atomic E-state index is 0.683. The maximum absolute atomic E-state index is 3.43. The first-order valence-corrected chi connectivity index (χ1v) is 7.59. The van der Waals surface area contributed by atoms with E-state index in [2.05, 4.69) is 43.6 Å². The molecule has 1 N–H and O–H groups in total. The van der Waals surface area contributed by atoms with Gasteiger partial charge in [0.25, 0.3) is 0 Å². The molecule has 1 aromatic rings. The lowest BCUT2D eigenvalue weighted by Crippen LogP contribution is -2.25. The molecule has 100 valence electrons. The third-order valence-electron chi connectivity index (χ3n) is 4.35. The summed E-state index contributed by atoms with van der Waals surface area (Å²) < 4.78 is 0. The Labute approximate surface area is 112 Å². The molecule has 0 heterocycles. The van der Waals surface area contributed by atoms with Crippen LogP contribution in [0.5, 0.6) is 0 Å². The van der Waals surface area contributed by atoms with E-state index in [0.717, 1.165) is 5.92 Å². The lowest BCUT2D eigenvalue weighted by atomic mass is 9.79. The lowest BCUT2D eigenvalue weighted by Gasteiger charge is -2.26. The van der Waals surface area contributed by atoms with Gasteiger partial charge in [0.15, 0.2) is 0 Å². The molecular formula is C17H27N. The van der Waals surface area contributed by atoms with E-state index >= 15 is 0 Å². The van der Waals surface area contributed by atoms with Crippen LogP contribution in [0.1, 0.15) is 62.5 Å². The van der Waals surface area contributed by atoms with E-state index in [-0.39, 0.29) is 0 Å². The Balaban J connectivity index is 1.88. The van der Waals surface area contributed by atoms with Gasteiger partial charge in [0.05, 0.1) is 0 Å². The Kier molecular flexibility index (Phi) is 5.25. The second-order valence-electron chi connectivity index (χ2n) is 5.69. The van der Waals surface area contributed by atoms with Gasteiger partial charge in [-0.15, -0.1) is 0 Å². The zero-order valence-electron chi connectivity index (χ0n) is 11.9. The van der Waals surface area contributed by atoms with Crippen molar-refractivity contribution in [2.45, 2.75) is 63.8 Å². The van der Waals surface area contributed by atoms with Crippen molar-refractivity contribution < 1.29 is 0 Å². The normalized spacial score (nSPS) is 17.4. The van der Waals surface area contributed by atoms with Crippen LogP contribution in [0.2, 0.25) is 0 Å². The fraction of sp³-hybridized carbons (Fsp3) is 0.647. The van der Waals surface area contributed by atoms with Crippen LogP contribution in [-0.4, -0.2) is 13.1 Å². The molecule has 1 aliphatic rings. The topological polar surface area (TPSA) is 12.0 Å². The summed E-state index contributed by atoms with van der Waals surface area (Å²) in [7, 11) is 2.09. The molecule has 0 aliphatic heterocycles. The molecule has 1 aliphatic carbocycles. The highest BCUT2D eigenvalue weighted by atomic mass is 14.9. The highest BCUT2D eigenvalue weighted by molar-refractivity contribution is 5.27. The largest absolute Gasteiger partial charge is 0.317 e. The van der Waals surface area contributed by atoms with Crippen molar-refractivity contribution in [3.05, 3.63) is 35.4 Å². The van der Waals surface area contributed by atoms with Gasteiger partial charge in [-0.25, -0.2) is 0 Å². The van der Waals surface area contributed by atoms with E-state index in [1.54, 1.807) is 5.56 Å². The van der Waals surface area contributed by atoms with Crippen molar-refractivity contribution in [3.63, 3.8) is 0 Å². The molecule has 1 unspecified atom stereocenters. The van der Waals surface area contributed by atoms with Crippen LogP contribution in [0.25, 0.3) is 0 Å². The standard InChI is InChI=1S/C17H27N/c1-3-6-17(18-2)12-11-14-7-4-10-16(13-14)15-8-5-9-15/h4,7,10,13,15,17-18H,3,5-6,8-9,11-12H2,1-2H3. The van der Waals surface area contributed by atoms with Crippen molar-refractivity contribution >= 4 is 0 Å². The molecule has 0 radical (unpaired) electrons. The van der Waals surface area contributed by atoms with Gasteiger partial charge >= 0.3 is 0 Å². The summed E-state index contributed by atoms with van der Waals surface area (Å²) >= 11 is 0. The zero-order chi connectivity index (χ0) is 12.8. The molecule has 0 bridgehead atoms. The van der Waals surface area contributed by atoms with Crippen LogP contribution in [-0.2, 0) is 6.42 Å². The predicted molar refractivity (Wildman–Crippen MR) is 79.1 cm³/mol. The maximum Gasteiger partial charge on any atom is 0.00671 e. The molecule has 2 rings (SSSR count). The maximum atomic E-state index is 3.43. The van der Waals surface area contributed by atoms with Crippen molar-refractivity contribution in [1.82, 2.24) is 5.32 Å². The molecule has 1 nitrogen and oxygen atoms in total. The molecule has 0 spiro atoms. The molecule has 18 heavy (non-hydrogen) atoms. The quantitative estimate of drug-likeness (QED) is 0.756. The van der Waals surface area contributed by atoms with Crippen LogP contribution >= 0.6 is 0 Å². The summed E-state index contributed by atoms with van der Waals surface area (Å²) in [6.45, 7) is 2.27. The average Bonchev–Trinajstić information content (AvgIpc) is 2.33. The van der Waals surface area contributed by atoms with Crippen molar-refractivity contribution in [3.8, 4) is 0 Å². The van der Waals surface area contributed by atoms with Crippen LogP contribution < -0.4 is 5.32 Å². The molecule has 0 amide bonds. The number of benzene rings is 1. The van der Waals surface area contributed by atoms with Gasteiger partial charge in [-0.1, -0.05) is 44.0 Å². The average molecular weight is 245 g/mol. The number of hydrogen-bond acceptors (Lipinski definition) is 1. The minimum absolute atomic E-state index is 0.683. The van der Waals surface area contributed by atoms with E-state index in [9.17, 15) is 0 Å². The van der Waals surface area contributed by atoms with Gasteiger partial charge in [0, 0.05) is 6.04 Å². The predicted octanol–water partition coefficient (Wildman–Crippen LogP) is 4.27. The molecule has 1 atom stereocenters. The van der Waals surface area contributed by atoms with Crippen LogP contribution in [0, 0.1) is 0 Å². The lowest BCUT2D eigenvalue weighted by molar-refractivity contribution is 0.419. The van der Waals surface area contributed by atoms with Gasteiger partial charge in [-0.3, -0.25) is 0 Å². The second-order valence-corrected chi connectivity index (χ2v) is 5.69. The molecule has 1 fully saturated rings. The summed E-state index contributed by atoms with van der Waals surface area (Å²) in [5, 5.41) is 3.43. The SMILES string of the molecule is CCCC(CCc1cccc(C2CCC2)c1)NC. The van der Waals surface area contributed by atoms with Gasteiger partial charge in [0.2, 0.25) is 0 Å². The van der Waals surface area contributed by atoms with Crippen molar-refractivity contribution in [1.29, 1.82) is 0 Å². The number of nitrogens with one attached hydrogen (secondary N) is 1. The van der Waals surface area contributed by atoms with Crippen molar-refractivity contribution in [2.24, 2.45) is 0 Å². The van der Waals surface area contributed by atoms with Gasteiger partial charge in [-0.2, -0.15) is 0 Å². The molecule has 0 saturated heterocycles. The first kappa shape index (κ1) is 13.6. The monoisotopic (exact) mass is 245 g/mol. The van der Waals surface area contributed by atoms with Gasteiger partial charge < -0.3 is 5.32 Å². The van der Waals surface area contributed by atoms with Crippen LogP contribution in [0.15, 0.2) is 24.3 Å². The Bertz CT molecular complexity index is 354. The smallest absolute Gasteiger partial charge is 0.00671 e. The fourth-order valence-electron chi connectivity index (χ4n) is 2.87. The first-order valence-electron chi connectivity index (χ1n) is 7.59. The first-order chi connectivity index (χ1) is 8.83. The van der Waals surface area contributed by atoms with Crippen LogP contribution in [0.4, 0.5) is 0 Å². The summed E-state index contributed by atoms with van der Waals surface area (Å²) in [6, 6.07) is 9.98. The minimum Gasteiger partial charge on any atom is -0.317 e. The molecule has 1 saturated carbocycles. The Morgan fingerprint density at radius 2 is 2.11 bits per heavy atom. The highest BCUT2D eigenvalue weighted by Crippen LogP contribution is 2.36. The van der Waals surface area contributed by atoms with E-state index in [1.807, 2.05) is 0 Å². The number of hydrogen-bond donors (Lipinski definition) is 1. The Morgan fingerprint density at radius 3 is 2.72 bits per heavy atom. The van der Waals surface area contributed by atoms with Crippen molar-refractivity contribution in [2.75, 3.05) is 7.05 Å². The van der Waals surface area contributed by atoms with E-state index in [0.29, 0.717) is 6.04 Å². The third kappa shape index (κ3) is 3.58. The fourth-order valence-corrected chi connectivity index (χ4v) is 2.87. The van der Waals surface area contributed by atoms with Gasteiger partial charge in [0.1, 0.15) is 0 Å². The second kappa shape index (κ2) is 6.94. The third-order valence-corrected chi connectivity index (χ3v) is 4.35. The molecule has 1 aromatic carbocycles. The number of aryl methyl sites for hydroxylation is 1. The molecule has 0 aromatic heterocycles. The van der Waals surface area contributed by atoms with E-state index in [4.69, 9.17) is 0 Å². The molecule has 1 heteroatoms. The molecular weight excluding hydrogens is 218 g/mol.